The first kappa shape index (κ1) is 22.1. The Hall–Kier alpha value is -2.16. The second kappa shape index (κ2) is 11.0. The lowest BCUT2D eigenvalue weighted by Crippen LogP contribution is -2.11. The van der Waals surface area contributed by atoms with E-state index in [1.165, 1.54) is 0 Å². The monoisotopic (exact) mass is 426 g/mol. The van der Waals surface area contributed by atoms with Gasteiger partial charge in [0.05, 0.1) is 4.92 Å². The van der Waals surface area contributed by atoms with Crippen LogP contribution in [0.1, 0.15) is 43.4 Å². The zero-order valence-electron chi connectivity index (χ0n) is 15.5. The van der Waals surface area contributed by atoms with Crippen molar-refractivity contribution in [2.24, 2.45) is 5.73 Å². The molecule has 1 aromatic heterocycles. The minimum absolute atomic E-state index is 0.155. The number of nitrogens with two attached hydrogens (primary N) is 2. The molecule has 5 N–H and O–H groups in total. The van der Waals surface area contributed by atoms with Gasteiger partial charge in [-0.25, -0.2) is 4.98 Å². The molecular formula is C18H24Cl2N6O2. The van der Waals surface area contributed by atoms with Gasteiger partial charge in [-0.15, -0.1) is 0 Å². The Balaban J connectivity index is 2.09. The number of anilines is 2. The van der Waals surface area contributed by atoms with Gasteiger partial charge >= 0.3 is 5.69 Å². The molecule has 0 bridgehead atoms. The van der Waals surface area contributed by atoms with Crippen molar-refractivity contribution in [2.45, 2.75) is 45.1 Å². The van der Waals surface area contributed by atoms with Crippen LogP contribution in [0.25, 0.3) is 0 Å². The van der Waals surface area contributed by atoms with Crippen molar-refractivity contribution in [2.75, 3.05) is 17.6 Å². The van der Waals surface area contributed by atoms with Crippen LogP contribution in [0.2, 0.25) is 10.0 Å². The van der Waals surface area contributed by atoms with Crippen LogP contribution in [-0.2, 0) is 13.0 Å². The van der Waals surface area contributed by atoms with Gasteiger partial charge in [0.2, 0.25) is 11.8 Å². The quantitative estimate of drug-likeness (QED) is 0.276. The van der Waals surface area contributed by atoms with Crippen LogP contribution in [0.4, 0.5) is 17.5 Å². The maximum atomic E-state index is 11.4. The number of rotatable bonds is 11. The van der Waals surface area contributed by atoms with Gasteiger partial charge in [0.25, 0.3) is 0 Å². The van der Waals surface area contributed by atoms with Crippen LogP contribution in [0.5, 0.6) is 0 Å². The second-order valence-corrected chi connectivity index (χ2v) is 7.22. The van der Waals surface area contributed by atoms with Crippen LogP contribution < -0.4 is 16.8 Å². The summed E-state index contributed by atoms with van der Waals surface area (Å²) in [6.45, 7) is 0.995. The summed E-state index contributed by atoms with van der Waals surface area (Å²) >= 11 is 12.1. The van der Waals surface area contributed by atoms with E-state index in [1.807, 2.05) is 0 Å². The average molecular weight is 427 g/mol. The van der Waals surface area contributed by atoms with Gasteiger partial charge in [0, 0.05) is 16.6 Å². The Morgan fingerprint density at radius 1 is 1.11 bits per heavy atom. The van der Waals surface area contributed by atoms with Gasteiger partial charge in [0.1, 0.15) is 5.69 Å². The third kappa shape index (κ3) is 6.47. The molecule has 152 valence electrons. The van der Waals surface area contributed by atoms with E-state index in [0.29, 0.717) is 35.2 Å². The minimum atomic E-state index is -0.531. The molecule has 2 aromatic rings. The zero-order chi connectivity index (χ0) is 20.5. The normalized spacial score (nSPS) is 10.8. The van der Waals surface area contributed by atoms with Crippen LogP contribution in [0.3, 0.4) is 0 Å². The largest absolute Gasteiger partial charge is 0.378 e. The zero-order valence-corrected chi connectivity index (χ0v) is 17.0. The summed E-state index contributed by atoms with van der Waals surface area (Å²) in [5.74, 6) is 0.0649. The number of benzene rings is 1. The number of halogens is 2. The van der Waals surface area contributed by atoms with Crippen LogP contribution in [0, 0.1) is 10.1 Å². The fraction of sp³-hybridized carbons (Fsp3) is 0.444. The highest BCUT2D eigenvalue weighted by molar-refractivity contribution is 6.33. The summed E-state index contributed by atoms with van der Waals surface area (Å²) < 4.78 is 0. The van der Waals surface area contributed by atoms with E-state index in [-0.39, 0.29) is 17.5 Å². The van der Waals surface area contributed by atoms with Crippen LogP contribution >= 0.6 is 23.2 Å². The Morgan fingerprint density at radius 3 is 2.54 bits per heavy atom. The van der Waals surface area contributed by atoms with Crippen molar-refractivity contribution in [3.63, 3.8) is 0 Å². The number of hydrogen-bond acceptors (Lipinski definition) is 7. The number of nitro groups is 1. The van der Waals surface area contributed by atoms with E-state index < -0.39 is 4.92 Å². The number of aryl methyl sites for hydroxylation is 1. The lowest BCUT2D eigenvalue weighted by Gasteiger charge is -2.10. The topological polar surface area (TPSA) is 133 Å². The number of nitrogens with one attached hydrogen (secondary N) is 1. The van der Waals surface area contributed by atoms with Gasteiger partial charge in [-0.1, -0.05) is 42.5 Å². The summed E-state index contributed by atoms with van der Waals surface area (Å²) in [7, 11) is 0. The van der Waals surface area contributed by atoms with Crippen molar-refractivity contribution >= 4 is 40.7 Å². The average Bonchev–Trinajstić information content (AvgIpc) is 2.64. The third-order valence-electron chi connectivity index (χ3n) is 4.23. The molecule has 0 saturated heterocycles. The van der Waals surface area contributed by atoms with Crippen LogP contribution in [0.15, 0.2) is 18.2 Å². The van der Waals surface area contributed by atoms with Gasteiger partial charge in [-0.2, -0.15) is 4.98 Å². The lowest BCUT2D eigenvalue weighted by atomic mass is 10.1. The molecule has 0 atom stereocenters. The fourth-order valence-electron chi connectivity index (χ4n) is 2.79. The number of nitrogens with zero attached hydrogens (tertiary/aromatic N) is 3. The molecule has 0 radical (unpaired) electrons. The molecule has 0 aliphatic rings. The molecule has 0 aliphatic heterocycles. The van der Waals surface area contributed by atoms with Crippen molar-refractivity contribution in [1.82, 2.24) is 9.97 Å². The Bertz CT molecular complexity index is 819. The first-order valence-electron chi connectivity index (χ1n) is 9.11. The number of unbranched alkanes of at least 4 members (excludes halogenated alkanes) is 4. The van der Waals surface area contributed by atoms with E-state index in [9.17, 15) is 10.1 Å². The van der Waals surface area contributed by atoms with E-state index in [2.05, 4.69) is 15.3 Å². The molecule has 8 nitrogen and oxygen atoms in total. The molecular weight excluding hydrogens is 403 g/mol. The predicted octanol–water partition coefficient (Wildman–Crippen LogP) is 4.34. The van der Waals surface area contributed by atoms with E-state index in [1.54, 1.807) is 18.2 Å². The Labute approximate surface area is 173 Å². The predicted molar refractivity (Wildman–Crippen MR) is 113 cm³/mol. The van der Waals surface area contributed by atoms with Gasteiger partial charge in [-0.3, -0.25) is 10.1 Å². The molecule has 28 heavy (non-hydrogen) atoms. The van der Waals surface area contributed by atoms with Gasteiger partial charge in [-0.05, 0) is 49.6 Å². The molecule has 0 saturated carbocycles. The standard InChI is InChI=1S/C18H24Cl2N6O2/c19-13-7-8-14(20)12(10-13)11-23-18-24-15(6-4-2-1-3-5-9-21)16(26(27)28)17(22)25-18/h7-8,10H,1-6,9,11,21H2,(H3,22,23,24,25). The number of nitrogen functional groups attached to an aromatic ring is 1. The molecule has 1 heterocycles. The van der Waals surface area contributed by atoms with Crippen molar-refractivity contribution in [1.29, 1.82) is 0 Å². The van der Waals surface area contributed by atoms with Crippen molar-refractivity contribution in [3.05, 3.63) is 49.6 Å². The maximum absolute atomic E-state index is 11.4. The minimum Gasteiger partial charge on any atom is -0.378 e. The fourth-order valence-corrected chi connectivity index (χ4v) is 3.17. The molecule has 1 aromatic carbocycles. The van der Waals surface area contributed by atoms with Crippen molar-refractivity contribution < 1.29 is 4.92 Å². The molecule has 0 unspecified atom stereocenters. The maximum Gasteiger partial charge on any atom is 0.332 e. The highest BCUT2D eigenvalue weighted by atomic mass is 35.5. The van der Waals surface area contributed by atoms with E-state index >= 15 is 0 Å². The smallest absolute Gasteiger partial charge is 0.332 e. The lowest BCUT2D eigenvalue weighted by molar-refractivity contribution is -0.385. The summed E-state index contributed by atoms with van der Waals surface area (Å²) in [5, 5.41) is 15.5. The van der Waals surface area contributed by atoms with E-state index in [4.69, 9.17) is 34.7 Å². The van der Waals surface area contributed by atoms with Gasteiger partial charge < -0.3 is 16.8 Å². The molecule has 0 fully saturated rings. The summed E-state index contributed by atoms with van der Waals surface area (Å²) in [5.41, 5.74) is 12.2. The molecule has 0 amide bonds. The second-order valence-electron chi connectivity index (χ2n) is 6.38. The first-order chi connectivity index (χ1) is 13.4. The third-order valence-corrected chi connectivity index (χ3v) is 4.83. The summed E-state index contributed by atoms with van der Waals surface area (Å²) in [6.07, 6.45) is 5.25. The van der Waals surface area contributed by atoms with Crippen LogP contribution in [-0.4, -0.2) is 21.4 Å². The molecule has 0 aliphatic carbocycles. The molecule has 10 heteroatoms. The first-order valence-corrected chi connectivity index (χ1v) is 9.86. The molecule has 0 spiro atoms. The summed E-state index contributed by atoms with van der Waals surface area (Å²) in [6, 6.07) is 5.12. The number of hydrogen-bond donors (Lipinski definition) is 3. The van der Waals surface area contributed by atoms with Gasteiger partial charge in [0.15, 0.2) is 0 Å². The van der Waals surface area contributed by atoms with E-state index in [0.717, 1.165) is 37.7 Å². The SMILES string of the molecule is NCCCCCCCc1nc(NCc2cc(Cl)ccc2Cl)nc(N)c1[N+](=O)[O-]. The highest BCUT2D eigenvalue weighted by Gasteiger charge is 2.22. The Morgan fingerprint density at radius 2 is 1.82 bits per heavy atom. The molecule has 2 rings (SSSR count). The number of aromatic nitrogens is 2. The Kier molecular flexibility index (Phi) is 8.69. The summed E-state index contributed by atoms with van der Waals surface area (Å²) in [4.78, 5) is 19.2. The van der Waals surface area contributed by atoms with Crippen molar-refractivity contribution in [3.8, 4) is 0 Å². The highest BCUT2D eigenvalue weighted by Crippen LogP contribution is 2.27.